The van der Waals surface area contributed by atoms with Gasteiger partial charge in [0.05, 0.1) is 0 Å². The normalized spacial score (nSPS) is 19.8. The lowest BCUT2D eigenvalue weighted by Crippen LogP contribution is -2.44. The number of anilines is 1. The molecule has 1 N–H and O–H groups in total. The summed E-state index contributed by atoms with van der Waals surface area (Å²) in [6.45, 7) is 5.90. The maximum Gasteiger partial charge on any atom is 0.317 e. The highest BCUT2D eigenvalue weighted by Crippen LogP contribution is 2.34. The van der Waals surface area contributed by atoms with Crippen LogP contribution in [-0.2, 0) is 6.42 Å². The van der Waals surface area contributed by atoms with Gasteiger partial charge >= 0.3 is 6.03 Å². The molecule has 2 amide bonds. The molecule has 7 heteroatoms. The van der Waals surface area contributed by atoms with Gasteiger partial charge in [-0.1, -0.05) is 24.3 Å². The molecule has 2 aromatic rings. The minimum atomic E-state index is 0.0553. The number of nitrogens with zero attached hydrogens (tertiary/aromatic N) is 4. The third-order valence-electron chi connectivity index (χ3n) is 5.03. The number of rotatable bonds is 3. The standard InChI is InChI=1S/C18H23N5OS/c1-13-20-18(25-21-13)23-8-4-7-22(9-10-23)17(24)19-12-15-11-14-5-2-3-6-16(14)15/h2-3,5-6,15H,4,7-12H2,1H3,(H,19,24). The van der Waals surface area contributed by atoms with Crippen LogP contribution in [0, 0.1) is 6.92 Å². The highest BCUT2D eigenvalue weighted by Gasteiger charge is 2.27. The number of amides is 2. The van der Waals surface area contributed by atoms with Crippen LogP contribution in [0.1, 0.15) is 29.3 Å². The van der Waals surface area contributed by atoms with Crippen molar-refractivity contribution < 1.29 is 4.79 Å². The lowest BCUT2D eigenvalue weighted by molar-refractivity contribution is 0.200. The number of nitrogens with one attached hydrogen (secondary N) is 1. The Labute approximate surface area is 152 Å². The van der Waals surface area contributed by atoms with Gasteiger partial charge in [0.15, 0.2) is 0 Å². The summed E-state index contributed by atoms with van der Waals surface area (Å²) in [5.41, 5.74) is 2.80. The average Bonchev–Trinajstić information content (AvgIpc) is 2.88. The van der Waals surface area contributed by atoms with E-state index in [9.17, 15) is 4.79 Å². The molecule has 1 saturated heterocycles. The molecule has 1 aliphatic carbocycles. The second-order valence-electron chi connectivity index (χ2n) is 6.74. The van der Waals surface area contributed by atoms with Crippen LogP contribution in [0.25, 0.3) is 0 Å². The van der Waals surface area contributed by atoms with Gasteiger partial charge in [-0.2, -0.15) is 4.37 Å². The van der Waals surface area contributed by atoms with Crippen LogP contribution in [0.5, 0.6) is 0 Å². The SMILES string of the molecule is Cc1nsc(N2CCCN(C(=O)NCC3Cc4ccccc43)CC2)n1. The third-order valence-corrected chi connectivity index (χ3v) is 5.90. The molecule has 1 unspecified atom stereocenters. The predicted octanol–water partition coefficient (Wildman–Crippen LogP) is 2.41. The number of carbonyl (C=O) groups is 1. The topological polar surface area (TPSA) is 61.4 Å². The number of urea groups is 1. The monoisotopic (exact) mass is 357 g/mol. The molecule has 1 atom stereocenters. The third kappa shape index (κ3) is 3.46. The molecule has 0 bridgehead atoms. The van der Waals surface area contributed by atoms with Gasteiger partial charge in [-0.25, -0.2) is 9.78 Å². The fraction of sp³-hybridized carbons (Fsp3) is 0.500. The molecule has 4 rings (SSSR count). The molecular weight excluding hydrogens is 334 g/mol. The highest BCUT2D eigenvalue weighted by atomic mass is 32.1. The molecule has 1 fully saturated rings. The van der Waals surface area contributed by atoms with E-state index in [1.165, 1.54) is 22.7 Å². The van der Waals surface area contributed by atoms with Gasteiger partial charge in [-0.15, -0.1) is 0 Å². The summed E-state index contributed by atoms with van der Waals surface area (Å²) in [6, 6.07) is 8.55. The van der Waals surface area contributed by atoms with Crippen molar-refractivity contribution in [3.8, 4) is 0 Å². The van der Waals surface area contributed by atoms with E-state index in [1.54, 1.807) is 0 Å². The summed E-state index contributed by atoms with van der Waals surface area (Å²) in [7, 11) is 0. The Kier molecular flexibility index (Phi) is 4.57. The van der Waals surface area contributed by atoms with Crippen LogP contribution >= 0.6 is 11.5 Å². The first-order valence-corrected chi connectivity index (χ1v) is 9.64. The number of aromatic nitrogens is 2. The number of hydrogen-bond donors (Lipinski definition) is 1. The van der Waals surface area contributed by atoms with Crippen molar-refractivity contribution in [3.05, 3.63) is 41.2 Å². The number of hydrogen-bond acceptors (Lipinski definition) is 5. The van der Waals surface area contributed by atoms with E-state index in [-0.39, 0.29) is 6.03 Å². The second kappa shape index (κ2) is 7.00. The van der Waals surface area contributed by atoms with Gasteiger partial charge in [-0.05, 0) is 30.9 Å². The summed E-state index contributed by atoms with van der Waals surface area (Å²) < 4.78 is 4.26. The Morgan fingerprint density at radius 3 is 2.96 bits per heavy atom. The summed E-state index contributed by atoms with van der Waals surface area (Å²) in [5.74, 6) is 1.28. The number of carbonyl (C=O) groups excluding carboxylic acids is 1. The van der Waals surface area contributed by atoms with E-state index in [0.29, 0.717) is 5.92 Å². The van der Waals surface area contributed by atoms with E-state index in [1.807, 2.05) is 11.8 Å². The van der Waals surface area contributed by atoms with Gasteiger partial charge < -0.3 is 15.1 Å². The second-order valence-corrected chi connectivity index (χ2v) is 7.47. The average molecular weight is 357 g/mol. The zero-order valence-electron chi connectivity index (χ0n) is 14.4. The Bertz CT molecular complexity index is 761. The van der Waals surface area contributed by atoms with Gasteiger partial charge in [0.1, 0.15) is 5.82 Å². The van der Waals surface area contributed by atoms with Gasteiger partial charge in [0.25, 0.3) is 0 Å². The molecule has 0 saturated carbocycles. The zero-order chi connectivity index (χ0) is 17.2. The Morgan fingerprint density at radius 2 is 2.16 bits per heavy atom. The maximum absolute atomic E-state index is 12.5. The van der Waals surface area contributed by atoms with Crippen molar-refractivity contribution in [2.75, 3.05) is 37.6 Å². The number of benzene rings is 1. The Balaban J connectivity index is 1.28. The van der Waals surface area contributed by atoms with Crippen molar-refractivity contribution in [2.45, 2.75) is 25.7 Å². The minimum absolute atomic E-state index is 0.0553. The fourth-order valence-electron chi connectivity index (χ4n) is 3.59. The first-order valence-electron chi connectivity index (χ1n) is 8.86. The van der Waals surface area contributed by atoms with E-state index in [2.05, 4.69) is 43.8 Å². The number of aryl methyl sites for hydroxylation is 1. The molecule has 2 aliphatic rings. The van der Waals surface area contributed by atoms with Gasteiger partial charge in [0.2, 0.25) is 5.13 Å². The molecule has 1 aromatic carbocycles. The Hall–Kier alpha value is -2.15. The maximum atomic E-state index is 12.5. The van der Waals surface area contributed by atoms with Gasteiger partial charge in [0, 0.05) is 50.2 Å². The van der Waals surface area contributed by atoms with E-state index >= 15 is 0 Å². The predicted molar refractivity (Wildman–Crippen MR) is 99.3 cm³/mol. The van der Waals surface area contributed by atoms with E-state index < -0.39 is 0 Å². The smallest absolute Gasteiger partial charge is 0.317 e. The molecule has 132 valence electrons. The zero-order valence-corrected chi connectivity index (χ0v) is 15.3. The molecule has 0 radical (unpaired) electrons. The van der Waals surface area contributed by atoms with Crippen LogP contribution in [0.4, 0.5) is 9.93 Å². The van der Waals surface area contributed by atoms with Crippen molar-refractivity contribution in [2.24, 2.45) is 0 Å². The summed E-state index contributed by atoms with van der Waals surface area (Å²) in [5, 5.41) is 4.09. The first-order chi connectivity index (χ1) is 12.2. The lowest BCUT2D eigenvalue weighted by atomic mass is 9.78. The van der Waals surface area contributed by atoms with Crippen LogP contribution in [0.15, 0.2) is 24.3 Å². The minimum Gasteiger partial charge on any atom is -0.345 e. The largest absolute Gasteiger partial charge is 0.345 e. The van der Waals surface area contributed by atoms with E-state index in [4.69, 9.17) is 0 Å². The van der Waals surface area contributed by atoms with Crippen LogP contribution in [0.3, 0.4) is 0 Å². The van der Waals surface area contributed by atoms with Crippen LogP contribution < -0.4 is 10.2 Å². The van der Waals surface area contributed by atoms with Crippen molar-refractivity contribution >= 4 is 22.7 Å². The molecule has 1 aliphatic heterocycles. The summed E-state index contributed by atoms with van der Waals surface area (Å²) >= 11 is 1.44. The number of fused-ring (bicyclic) bond motifs is 1. The van der Waals surface area contributed by atoms with Crippen LogP contribution in [0.2, 0.25) is 0 Å². The van der Waals surface area contributed by atoms with Crippen molar-refractivity contribution in [1.29, 1.82) is 0 Å². The molecule has 1 aromatic heterocycles. The molecule has 2 heterocycles. The first kappa shape index (κ1) is 16.3. The fourth-order valence-corrected chi connectivity index (χ4v) is 4.32. The molecule has 25 heavy (non-hydrogen) atoms. The van der Waals surface area contributed by atoms with Crippen molar-refractivity contribution in [1.82, 2.24) is 19.6 Å². The van der Waals surface area contributed by atoms with Gasteiger partial charge in [-0.3, -0.25) is 0 Å². The van der Waals surface area contributed by atoms with Crippen molar-refractivity contribution in [3.63, 3.8) is 0 Å². The summed E-state index contributed by atoms with van der Waals surface area (Å²) in [6.07, 6.45) is 2.03. The van der Waals surface area contributed by atoms with E-state index in [0.717, 1.165) is 56.5 Å². The van der Waals surface area contributed by atoms with Crippen LogP contribution in [-0.4, -0.2) is 53.0 Å². The molecule has 0 spiro atoms. The summed E-state index contributed by atoms with van der Waals surface area (Å²) in [4.78, 5) is 21.2. The molecule has 6 nitrogen and oxygen atoms in total. The Morgan fingerprint density at radius 1 is 1.28 bits per heavy atom. The highest BCUT2D eigenvalue weighted by molar-refractivity contribution is 7.09. The quantitative estimate of drug-likeness (QED) is 0.916. The molecular formula is C18H23N5OS. The lowest BCUT2D eigenvalue weighted by Gasteiger charge is -2.31.